The molecule has 0 bridgehead atoms. The molecule has 0 aromatic heterocycles. The molecule has 0 spiro atoms. The van der Waals surface area contributed by atoms with E-state index in [4.69, 9.17) is 25.8 Å². The lowest BCUT2D eigenvalue weighted by atomic mass is 9.95. The van der Waals surface area contributed by atoms with Crippen molar-refractivity contribution in [2.45, 2.75) is 25.8 Å². The molecule has 3 aromatic rings. The van der Waals surface area contributed by atoms with Crippen molar-refractivity contribution in [3.8, 4) is 28.4 Å². The molecule has 188 valence electrons. The summed E-state index contributed by atoms with van der Waals surface area (Å²) in [6.45, 7) is 1.44. The number of ether oxygens (including phenoxy) is 3. The molecule has 0 saturated heterocycles. The molecule has 1 aliphatic carbocycles. The van der Waals surface area contributed by atoms with Crippen molar-refractivity contribution < 1.29 is 23.4 Å². The topological polar surface area (TPSA) is 85.9 Å². The van der Waals surface area contributed by atoms with Crippen molar-refractivity contribution in [2.75, 3.05) is 26.6 Å². The molecule has 0 fully saturated rings. The zero-order valence-electron chi connectivity index (χ0n) is 20.3. The van der Waals surface area contributed by atoms with Gasteiger partial charge in [-0.2, -0.15) is 0 Å². The molecular formula is C27H26ClFN2O5. The first-order chi connectivity index (χ1) is 17.3. The highest BCUT2D eigenvalue weighted by atomic mass is 35.5. The van der Waals surface area contributed by atoms with Crippen molar-refractivity contribution in [1.29, 1.82) is 0 Å². The van der Waals surface area contributed by atoms with Gasteiger partial charge in [0.25, 0.3) is 0 Å². The Morgan fingerprint density at radius 3 is 2.42 bits per heavy atom. The Balaban J connectivity index is 1.97. The van der Waals surface area contributed by atoms with Gasteiger partial charge in [0.1, 0.15) is 5.82 Å². The third-order valence-electron chi connectivity index (χ3n) is 6.11. The van der Waals surface area contributed by atoms with Gasteiger partial charge in [0.2, 0.25) is 17.1 Å². The van der Waals surface area contributed by atoms with E-state index in [2.05, 4.69) is 10.6 Å². The molecule has 9 heteroatoms. The van der Waals surface area contributed by atoms with E-state index in [-0.39, 0.29) is 22.0 Å². The van der Waals surface area contributed by atoms with Gasteiger partial charge >= 0.3 is 0 Å². The first-order valence-electron chi connectivity index (χ1n) is 11.3. The first-order valence-corrected chi connectivity index (χ1v) is 11.6. The smallest absolute Gasteiger partial charge is 0.217 e. The monoisotopic (exact) mass is 512 g/mol. The maximum atomic E-state index is 13.6. The summed E-state index contributed by atoms with van der Waals surface area (Å²) < 4.78 is 30.5. The highest BCUT2D eigenvalue weighted by molar-refractivity contribution is 6.31. The van der Waals surface area contributed by atoms with E-state index < -0.39 is 11.9 Å². The fourth-order valence-corrected chi connectivity index (χ4v) is 4.72. The zero-order chi connectivity index (χ0) is 26.0. The average Bonchev–Trinajstić information content (AvgIpc) is 3.09. The van der Waals surface area contributed by atoms with Crippen LogP contribution >= 0.6 is 11.6 Å². The summed E-state index contributed by atoms with van der Waals surface area (Å²) in [5.74, 6) is 0.650. The Bertz CT molecular complexity index is 1400. The lowest BCUT2D eigenvalue weighted by Gasteiger charge is -2.19. The number of amides is 1. The normalized spacial score (nSPS) is 14.1. The van der Waals surface area contributed by atoms with Gasteiger partial charge in [-0.3, -0.25) is 9.59 Å². The minimum absolute atomic E-state index is 0.0611. The van der Waals surface area contributed by atoms with E-state index in [1.54, 1.807) is 26.4 Å². The second kappa shape index (κ2) is 10.5. The molecule has 4 rings (SSSR count). The summed E-state index contributed by atoms with van der Waals surface area (Å²) >= 11 is 5.91. The van der Waals surface area contributed by atoms with E-state index in [1.165, 1.54) is 38.3 Å². The molecule has 1 amide bonds. The first kappa shape index (κ1) is 25.3. The summed E-state index contributed by atoms with van der Waals surface area (Å²) in [5.41, 5.74) is 3.44. The van der Waals surface area contributed by atoms with Crippen LogP contribution in [0.5, 0.6) is 17.2 Å². The summed E-state index contributed by atoms with van der Waals surface area (Å²) in [5, 5.41) is 5.93. The van der Waals surface area contributed by atoms with Crippen molar-refractivity contribution in [2.24, 2.45) is 0 Å². The molecule has 0 saturated carbocycles. The number of halogens is 2. The second-order valence-electron chi connectivity index (χ2n) is 8.35. The maximum Gasteiger partial charge on any atom is 0.217 e. The maximum absolute atomic E-state index is 13.6. The second-order valence-corrected chi connectivity index (χ2v) is 8.76. The number of anilines is 2. The van der Waals surface area contributed by atoms with Gasteiger partial charge < -0.3 is 24.8 Å². The quantitative estimate of drug-likeness (QED) is 0.460. The number of hydrogen-bond acceptors (Lipinski definition) is 6. The van der Waals surface area contributed by atoms with Crippen LogP contribution in [0, 0.1) is 5.82 Å². The SMILES string of the molecule is COc1cc2c(c(OC)c1OC)-c1ccc(Nc3ccc(F)c(Cl)c3)c(=O)cc1[C@@H](NC(C)=O)CC2. The molecule has 1 aliphatic rings. The number of methoxy groups -OCH3 is 3. The van der Waals surface area contributed by atoms with Crippen molar-refractivity contribution >= 4 is 28.9 Å². The third-order valence-corrected chi connectivity index (χ3v) is 6.40. The van der Waals surface area contributed by atoms with Crippen LogP contribution in [0.2, 0.25) is 5.02 Å². The van der Waals surface area contributed by atoms with Crippen LogP contribution in [0.15, 0.2) is 47.3 Å². The summed E-state index contributed by atoms with van der Waals surface area (Å²) in [7, 11) is 4.62. The van der Waals surface area contributed by atoms with E-state index in [9.17, 15) is 14.0 Å². The lowest BCUT2D eigenvalue weighted by Crippen LogP contribution is -2.26. The van der Waals surface area contributed by atoms with Crippen LogP contribution in [0.25, 0.3) is 11.1 Å². The number of benzene rings is 2. The van der Waals surface area contributed by atoms with E-state index in [1.807, 2.05) is 6.07 Å². The molecule has 3 aromatic carbocycles. The van der Waals surface area contributed by atoms with Crippen LogP contribution in [0.1, 0.15) is 30.5 Å². The van der Waals surface area contributed by atoms with Crippen molar-refractivity contribution in [3.63, 3.8) is 0 Å². The largest absolute Gasteiger partial charge is 0.493 e. The number of carbonyl (C=O) groups is 1. The van der Waals surface area contributed by atoms with Crippen LogP contribution in [-0.4, -0.2) is 27.2 Å². The number of carbonyl (C=O) groups excluding carboxylic acids is 1. The molecule has 0 heterocycles. The number of hydrogen-bond donors (Lipinski definition) is 2. The summed E-state index contributed by atoms with van der Waals surface area (Å²) in [6.07, 6.45) is 1.15. The fraction of sp³-hybridized carbons (Fsp3) is 0.259. The van der Waals surface area contributed by atoms with Gasteiger partial charge in [-0.15, -0.1) is 0 Å². The van der Waals surface area contributed by atoms with Crippen LogP contribution in [0.3, 0.4) is 0 Å². The van der Waals surface area contributed by atoms with Crippen molar-refractivity contribution in [1.82, 2.24) is 5.32 Å². The Hall–Kier alpha value is -3.78. The van der Waals surface area contributed by atoms with Crippen molar-refractivity contribution in [3.05, 3.63) is 74.7 Å². The predicted molar refractivity (Wildman–Crippen MR) is 137 cm³/mol. The summed E-state index contributed by atoms with van der Waals surface area (Å²) in [6, 6.07) is 10.6. The summed E-state index contributed by atoms with van der Waals surface area (Å²) in [4.78, 5) is 25.4. The van der Waals surface area contributed by atoms with E-state index in [0.717, 1.165) is 11.1 Å². The molecule has 0 unspecified atom stereocenters. The molecule has 1 atom stereocenters. The highest BCUT2D eigenvalue weighted by Crippen LogP contribution is 2.50. The third kappa shape index (κ3) is 4.81. The Morgan fingerprint density at radius 2 is 1.78 bits per heavy atom. The van der Waals surface area contributed by atoms with Crippen LogP contribution < -0.4 is 30.3 Å². The molecule has 0 aliphatic heterocycles. The molecule has 36 heavy (non-hydrogen) atoms. The van der Waals surface area contributed by atoms with Crippen LogP contribution in [0.4, 0.5) is 15.8 Å². The van der Waals surface area contributed by atoms with Gasteiger partial charge in [-0.05, 0) is 65.9 Å². The molecular weight excluding hydrogens is 487 g/mol. The Morgan fingerprint density at radius 1 is 1.03 bits per heavy atom. The number of fused-ring (bicyclic) bond motifs is 3. The standard InChI is InChI=1S/C27H26ClFN2O5/c1-14(32)30-21-9-5-15-11-24(34-2)26(35-3)27(36-4)25(15)17-7-10-22(23(33)13-18(17)21)31-16-6-8-20(29)19(28)12-16/h6-8,10-13,21H,5,9H2,1-4H3,(H,30,32)(H,31,33)/t21-/m0/s1. The number of rotatable bonds is 6. The van der Waals surface area contributed by atoms with Gasteiger partial charge in [0, 0.05) is 18.2 Å². The van der Waals surface area contributed by atoms with Gasteiger partial charge in [0.15, 0.2) is 11.5 Å². The Kier molecular flexibility index (Phi) is 7.35. The van der Waals surface area contributed by atoms with E-state index >= 15 is 0 Å². The Labute approximate surface area is 213 Å². The van der Waals surface area contributed by atoms with Gasteiger partial charge in [-0.1, -0.05) is 17.7 Å². The minimum atomic E-state index is -0.555. The zero-order valence-corrected chi connectivity index (χ0v) is 21.1. The number of nitrogens with one attached hydrogen (secondary N) is 2. The number of aryl methyl sites for hydroxylation is 1. The van der Waals surface area contributed by atoms with Crippen LogP contribution in [-0.2, 0) is 11.2 Å². The molecule has 0 radical (unpaired) electrons. The molecule has 2 N–H and O–H groups in total. The fourth-order valence-electron chi connectivity index (χ4n) is 4.54. The highest BCUT2D eigenvalue weighted by Gasteiger charge is 2.29. The minimum Gasteiger partial charge on any atom is -0.493 e. The van der Waals surface area contributed by atoms with E-state index in [0.29, 0.717) is 46.9 Å². The van der Waals surface area contributed by atoms with Gasteiger partial charge in [-0.25, -0.2) is 4.39 Å². The average molecular weight is 513 g/mol. The lowest BCUT2D eigenvalue weighted by molar-refractivity contribution is -0.119. The van der Waals surface area contributed by atoms with Gasteiger partial charge in [0.05, 0.1) is 38.1 Å². The molecule has 7 nitrogen and oxygen atoms in total. The predicted octanol–water partition coefficient (Wildman–Crippen LogP) is 5.40.